The topological polar surface area (TPSA) is 54.9 Å². The Morgan fingerprint density at radius 2 is 2.14 bits per heavy atom. The van der Waals surface area contributed by atoms with Crippen LogP contribution in [0.3, 0.4) is 0 Å². The van der Waals surface area contributed by atoms with Crippen LogP contribution in [0, 0.1) is 12.9 Å². The van der Waals surface area contributed by atoms with Crippen LogP contribution in [0.15, 0.2) is 9.59 Å². The number of alkyl halides is 1. The quantitative estimate of drug-likeness (QED) is 0.648. The summed E-state index contributed by atoms with van der Waals surface area (Å²) in [5.74, 6) is -0.750. The van der Waals surface area contributed by atoms with Gasteiger partial charge in [-0.2, -0.15) is 4.39 Å². The van der Waals surface area contributed by atoms with Crippen LogP contribution < -0.4 is 11.2 Å². The summed E-state index contributed by atoms with van der Waals surface area (Å²) in [7, 11) is 0. The third kappa shape index (κ3) is 2.12. The van der Waals surface area contributed by atoms with Gasteiger partial charge in [0.25, 0.3) is 5.56 Å². The predicted molar refractivity (Wildman–Crippen MR) is 54.4 cm³/mol. The van der Waals surface area contributed by atoms with E-state index < -0.39 is 17.2 Å². The van der Waals surface area contributed by atoms with Gasteiger partial charge in [-0.15, -0.1) is 0 Å². The number of rotatable bonds is 3. The summed E-state index contributed by atoms with van der Waals surface area (Å²) < 4.78 is 14.3. The SMILES string of the molecule is Cc1c(F)n(CCCBr)c(=O)[nH]c1=O. The van der Waals surface area contributed by atoms with E-state index in [0.717, 1.165) is 4.57 Å². The molecule has 0 amide bonds. The van der Waals surface area contributed by atoms with Crippen LogP contribution in [0.2, 0.25) is 0 Å². The van der Waals surface area contributed by atoms with Gasteiger partial charge in [-0.05, 0) is 13.3 Å². The largest absolute Gasteiger partial charge is 0.330 e. The first-order chi connectivity index (χ1) is 6.57. The zero-order valence-electron chi connectivity index (χ0n) is 7.64. The van der Waals surface area contributed by atoms with Crippen LogP contribution in [0.25, 0.3) is 0 Å². The van der Waals surface area contributed by atoms with E-state index in [1.165, 1.54) is 6.92 Å². The molecule has 1 rings (SSSR count). The van der Waals surface area contributed by atoms with Crippen LogP contribution >= 0.6 is 15.9 Å². The Labute approximate surface area is 87.9 Å². The van der Waals surface area contributed by atoms with E-state index in [0.29, 0.717) is 11.8 Å². The Bertz CT molecular complexity index is 438. The fourth-order valence-electron chi connectivity index (χ4n) is 1.06. The van der Waals surface area contributed by atoms with Gasteiger partial charge in [0, 0.05) is 11.9 Å². The van der Waals surface area contributed by atoms with Gasteiger partial charge in [-0.1, -0.05) is 15.9 Å². The molecule has 14 heavy (non-hydrogen) atoms. The second kappa shape index (κ2) is 4.54. The number of nitrogens with zero attached hydrogens (tertiary/aromatic N) is 1. The molecule has 0 fully saturated rings. The number of halogens is 2. The Morgan fingerprint density at radius 1 is 1.50 bits per heavy atom. The highest BCUT2D eigenvalue weighted by Crippen LogP contribution is 1.98. The maximum Gasteiger partial charge on any atom is 0.330 e. The van der Waals surface area contributed by atoms with Crippen LogP contribution in [0.5, 0.6) is 0 Å². The van der Waals surface area contributed by atoms with E-state index in [-0.39, 0.29) is 12.1 Å². The molecule has 4 nitrogen and oxygen atoms in total. The van der Waals surface area contributed by atoms with Gasteiger partial charge in [0.15, 0.2) is 0 Å². The molecule has 0 aliphatic heterocycles. The lowest BCUT2D eigenvalue weighted by molar-refractivity contribution is 0.453. The zero-order valence-corrected chi connectivity index (χ0v) is 9.23. The van der Waals surface area contributed by atoms with Crippen molar-refractivity contribution in [3.63, 3.8) is 0 Å². The molecular weight excluding hydrogens is 255 g/mol. The van der Waals surface area contributed by atoms with Gasteiger partial charge in [0.2, 0.25) is 5.95 Å². The van der Waals surface area contributed by atoms with Crippen molar-refractivity contribution < 1.29 is 4.39 Å². The second-order valence-corrected chi connectivity index (χ2v) is 3.66. The van der Waals surface area contributed by atoms with Crippen molar-refractivity contribution in [2.75, 3.05) is 5.33 Å². The minimum atomic E-state index is -0.750. The number of hydrogen-bond donors (Lipinski definition) is 1. The first-order valence-corrected chi connectivity index (χ1v) is 5.25. The minimum Gasteiger partial charge on any atom is -0.274 e. The maximum absolute atomic E-state index is 13.4. The average Bonchev–Trinajstić information content (AvgIpc) is 2.14. The van der Waals surface area contributed by atoms with Gasteiger partial charge in [-0.3, -0.25) is 14.3 Å². The highest BCUT2D eigenvalue weighted by Gasteiger charge is 2.09. The van der Waals surface area contributed by atoms with Crippen molar-refractivity contribution >= 4 is 15.9 Å². The van der Waals surface area contributed by atoms with Crippen molar-refractivity contribution in [2.45, 2.75) is 19.9 Å². The molecule has 1 heterocycles. The van der Waals surface area contributed by atoms with E-state index in [1.807, 2.05) is 0 Å². The normalized spacial score (nSPS) is 10.5. The fraction of sp³-hybridized carbons (Fsp3) is 0.500. The van der Waals surface area contributed by atoms with E-state index in [1.54, 1.807) is 0 Å². The molecule has 0 spiro atoms. The molecule has 0 unspecified atom stereocenters. The first-order valence-electron chi connectivity index (χ1n) is 4.13. The third-order valence-electron chi connectivity index (χ3n) is 1.87. The molecule has 0 saturated heterocycles. The number of H-pyrrole nitrogens is 1. The van der Waals surface area contributed by atoms with Crippen LogP contribution in [0.1, 0.15) is 12.0 Å². The molecule has 0 radical (unpaired) electrons. The molecule has 6 heteroatoms. The molecule has 1 aromatic heterocycles. The van der Waals surface area contributed by atoms with Gasteiger partial charge >= 0.3 is 5.69 Å². The summed E-state index contributed by atoms with van der Waals surface area (Å²) in [5.41, 5.74) is -1.42. The van der Waals surface area contributed by atoms with Gasteiger partial charge < -0.3 is 0 Å². The van der Waals surface area contributed by atoms with Gasteiger partial charge in [-0.25, -0.2) is 4.79 Å². The van der Waals surface area contributed by atoms with Crippen molar-refractivity contribution in [1.82, 2.24) is 9.55 Å². The van der Waals surface area contributed by atoms with Crippen molar-refractivity contribution in [2.24, 2.45) is 0 Å². The molecule has 0 saturated carbocycles. The lowest BCUT2D eigenvalue weighted by atomic mass is 10.3. The molecule has 78 valence electrons. The van der Waals surface area contributed by atoms with Crippen LogP contribution in [-0.2, 0) is 6.54 Å². The fourth-order valence-corrected chi connectivity index (χ4v) is 1.31. The molecule has 0 bridgehead atoms. The Balaban J connectivity index is 3.23. The Morgan fingerprint density at radius 3 is 2.71 bits per heavy atom. The van der Waals surface area contributed by atoms with Gasteiger partial charge in [0.05, 0.1) is 5.56 Å². The summed E-state index contributed by atoms with van der Waals surface area (Å²) in [4.78, 5) is 24.2. The third-order valence-corrected chi connectivity index (χ3v) is 2.43. The summed E-state index contributed by atoms with van der Waals surface area (Å²) >= 11 is 3.18. The van der Waals surface area contributed by atoms with Gasteiger partial charge in [0.1, 0.15) is 0 Å². The molecule has 0 aliphatic rings. The summed E-state index contributed by atoms with van der Waals surface area (Å²) in [6.07, 6.45) is 0.627. The van der Waals surface area contributed by atoms with E-state index in [2.05, 4.69) is 20.9 Å². The van der Waals surface area contributed by atoms with E-state index in [4.69, 9.17) is 0 Å². The highest BCUT2D eigenvalue weighted by molar-refractivity contribution is 9.09. The lowest BCUT2D eigenvalue weighted by Crippen LogP contribution is -2.34. The van der Waals surface area contributed by atoms with Crippen molar-refractivity contribution in [3.8, 4) is 0 Å². The van der Waals surface area contributed by atoms with Crippen LogP contribution in [-0.4, -0.2) is 14.9 Å². The molecule has 1 N–H and O–H groups in total. The number of nitrogens with one attached hydrogen (secondary N) is 1. The summed E-state index contributed by atoms with van der Waals surface area (Å²) in [5, 5.41) is 0.678. The summed E-state index contributed by atoms with van der Waals surface area (Å²) in [6.45, 7) is 1.60. The average molecular weight is 265 g/mol. The number of aromatic nitrogens is 2. The molecular formula is C8H10BrFN2O2. The predicted octanol–water partition coefficient (Wildman–Crippen LogP) is 0.769. The second-order valence-electron chi connectivity index (χ2n) is 2.87. The monoisotopic (exact) mass is 264 g/mol. The minimum absolute atomic E-state index is 0.0563. The molecule has 1 aromatic rings. The standard InChI is InChI=1S/C8H10BrFN2O2/c1-5-6(10)12(4-2-3-9)8(14)11-7(5)13/h2-4H2,1H3,(H,11,13,14). The Hall–Kier alpha value is -0.910. The van der Waals surface area contributed by atoms with Crippen molar-refractivity contribution in [1.29, 1.82) is 0 Å². The summed E-state index contributed by atoms with van der Waals surface area (Å²) in [6, 6.07) is 0. The molecule has 0 aromatic carbocycles. The lowest BCUT2D eigenvalue weighted by Gasteiger charge is -2.06. The van der Waals surface area contributed by atoms with E-state index >= 15 is 0 Å². The maximum atomic E-state index is 13.4. The van der Waals surface area contributed by atoms with E-state index in [9.17, 15) is 14.0 Å². The molecule has 0 aliphatic carbocycles. The number of hydrogen-bond acceptors (Lipinski definition) is 2. The molecule has 0 atom stereocenters. The zero-order chi connectivity index (χ0) is 10.7. The highest BCUT2D eigenvalue weighted by atomic mass is 79.9. The Kier molecular flexibility index (Phi) is 3.62. The smallest absolute Gasteiger partial charge is 0.274 e. The first kappa shape index (κ1) is 11.2. The van der Waals surface area contributed by atoms with Crippen LogP contribution in [0.4, 0.5) is 4.39 Å². The van der Waals surface area contributed by atoms with Crippen molar-refractivity contribution in [3.05, 3.63) is 32.3 Å². The number of aromatic amines is 1.